The molecule has 0 saturated carbocycles. The molecule has 1 heterocycles. The van der Waals surface area contributed by atoms with E-state index in [1.165, 1.54) is 21.4 Å². The Labute approximate surface area is 139 Å². The maximum absolute atomic E-state index is 12.8. The van der Waals surface area contributed by atoms with Gasteiger partial charge in [0.1, 0.15) is 0 Å². The average Bonchev–Trinajstić information content (AvgIpc) is 2.59. The standard InChI is InChI=1S/C19H19N3O2/c1-14-6-2-5-9-17(14)22-18(23)10-11-21(19(22)24)13-16-8-4-3-7-15(16)12-20/h2-11H,12-13,20H2,1H3. The van der Waals surface area contributed by atoms with Gasteiger partial charge in [0.25, 0.3) is 5.56 Å². The van der Waals surface area contributed by atoms with Crippen LogP contribution in [0.1, 0.15) is 16.7 Å². The van der Waals surface area contributed by atoms with Crippen molar-refractivity contribution in [1.82, 2.24) is 9.13 Å². The third kappa shape index (κ3) is 2.94. The number of para-hydroxylation sites is 1. The number of nitrogens with two attached hydrogens (primary N) is 1. The highest BCUT2D eigenvalue weighted by Crippen LogP contribution is 2.11. The minimum atomic E-state index is -0.358. The lowest BCUT2D eigenvalue weighted by molar-refractivity contribution is 0.676. The summed E-state index contributed by atoms with van der Waals surface area (Å²) in [6.07, 6.45) is 1.53. The maximum atomic E-state index is 12.8. The van der Waals surface area contributed by atoms with Crippen LogP contribution >= 0.6 is 0 Å². The topological polar surface area (TPSA) is 70.0 Å². The van der Waals surface area contributed by atoms with Crippen molar-refractivity contribution in [2.75, 3.05) is 0 Å². The molecule has 0 amide bonds. The molecule has 5 heteroatoms. The first kappa shape index (κ1) is 16.0. The maximum Gasteiger partial charge on any atom is 0.335 e. The number of aromatic nitrogens is 2. The zero-order valence-electron chi connectivity index (χ0n) is 13.5. The predicted molar refractivity (Wildman–Crippen MR) is 94.5 cm³/mol. The number of hydrogen-bond donors (Lipinski definition) is 1. The average molecular weight is 321 g/mol. The van der Waals surface area contributed by atoms with Crippen LogP contribution in [0.25, 0.3) is 5.69 Å². The summed E-state index contributed by atoms with van der Waals surface area (Å²) < 4.78 is 2.74. The minimum Gasteiger partial charge on any atom is -0.326 e. The van der Waals surface area contributed by atoms with Gasteiger partial charge in [0.05, 0.1) is 12.2 Å². The molecule has 2 N–H and O–H groups in total. The Bertz CT molecular complexity index is 986. The van der Waals surface area contributed by atoms with Gasteiger partial charge in [-0.2, -0.15) is 0 Å². The van der Waals surface area contributed by atoms with Crippen LogP contribution in [0.2, 0.25) is 0 Å². The first-order chi connectivity index (χ1) is 11.6. The molecule has 0 bridgehead atoms. The highest BCUT2D eigenvalue weighted by molar-refractivity contribution is 5.39. The molecule has 5 nitrogen and oxygen atoms in total. The summed E-state index contributed by atoms with van der Waals surface area (Å²) in [6, 6.07) is 16.5. The second-order valence-corrected chi connectivity index (χ2v) is 5.66. The summed E-state index contributed by atoms with van der Waals surface area (Å²) in [5.74, 6) is 0. The van der Waals surface area contributed by atoms with Crippen LogP contribution in [0.15, 0.2) is 70.4 Å². The van der Waals surface area contributed by atoms with Crippen molar-refractivity contribution in [3.05, 3.63) is 98.3 Å². The Hall–Kier alpha value is -2.92. The fourth-order valence-electron chi connectivity index (χ4n) is 2.77. The molecular formula is C19H19N3O2. The van der Waals surface area contributed by atoms with E-state index in [9.17, 15) is 9.59 Å². The van der Waals surface area contributed by atoms with E-state index < -0.39 is 0 Å². The van der Waals surface area contributed by atoms with Crippen LogP contribution in [0, 0.1) is 6.92 Å². The monoisotopic (exact) mass is 321 g/mol. The predicted octanol–water partition coefficient (Wildman–Crippen LogP) is 1.81. The van der Waals surface area contributed by atoms with Gasteiger partial charge in [0.15, 0.2) is 0 Å². The molecule has 0 saturated heterocycles. The van der Waals surface area contributed by atoms with Gasteiger partial charge in [-0.15, -0.1) is 0 Å². The van der Waals surface area contributed by atoms with Crippen molar-refractivity contribution in [3.63, 3.8) is 0 Å². The van der Waals surface area contributed by atoms with E-state index in [1.807, 2.05) is 49.4 Å². The highest BCUT2D eigenvalue weighted by Gasteiger charge is 2.10. The molecular weight excluding hydrogens is 302 g/mol. The molecule has 0 atom stereocenters. The number of benzene rings is 2. The van der Waals surface area contributed by atoms with Gasteiger partial charge in [-0.05, 0) is 29.7 Å². The van der Waals surface area contributed by atoms with Crippen LogP contribution in [-0.2, 0) is 13.1 Å². The Morgan fingerprint density at radius 2 is 1.58 bits per heavy atom. The van der Waals surface area contributed by atoms with E-state index in [0.29, 0.717) is 18.8 Å². The minimum absolute atomic E-state index is 0.335. The van der Waals surface area contributed by atoms with Crippen LogP contribution in [0.5, 0.6) is 0 Å². The van der Waals surface area contributed by atoms with Crippen LogP contribution in [0.4, 0.5) is 0 Å². The third-order valence-electron chi connectivity index (χ3n) is 4.09. The van der Waals surface area contributed by atoms with E-state index in [2.05, 4.69) is 0 Å². The van der Waals surface area contributed by atoms with Crippen molar-refractivity contribution in [1.29, 1.82) is 0 Å². The SMILES string of the molecule is Cc1ccccc1-n1c(=O)ccn(Cc2ccccc2CN)c1=O. The Balaban J connectivity index is 2.12. The van der Waals surface area contributed by atoms with Crippen molar-refractivity contribution in [2.24, 2.45) is 5.73 Å². The largest absolute Gasteiger partial charge is 0.335 e. The zero-order valence-corrected chi connectivity index (χ0v) is 13.5. The summed E-state index contributed by atoms with van der Waals surface area (Å²) in [5, 5.41) is 0. The lowest BCUT2D eigenvalue weighted by Crippen LogP contribution is -2.38. The summed E-state index contributed by atoms with van der Waals surface area (Å²) in [5.41, 5.74) is 8.50. The lowest BCUT2D eigenvalue weighted by Gasteiger charge is -2.13. The van der Waals surface area contributed by atoms with Gasteiger partial charge < -0.3 is 5.73 Å². The fourth-order valence-corrected chi connectivity index (χ4v) is 2.77. The number of rotatable bonds is 4. The Morgan fingerprint density at radius 1 is 0.917 bits per heavy atom. The van der Waals surface area contributed by atoms with Crippen LogP contribution in [0.3, 0.4) is 0 Å². The molecule has 0 unspecified atom stereocenters. The Kier molecular flexibility index (Phi) is 4.44. The summed E-state index contributed by atoms with van der Waals surface area (Å²) >= 11 is 0. The van der Waals surface area contributed by atoms with Crippen LogP contribution in [-0.4, -0.2) is 9.13 Å². The third-order valence-corrected chi connectivity index (χ3v) is 4.09. The molecule has 0 aliphatic carbocycles. The molecule has 1 aromatic heterocycles. The fraction of sp³-hybridized carbons (Fsp3) is 0.158. The molecule has 0 aliphatic rings. The highest BCUT2D eigenvalue weighted by atomic mass is 16.2. The molecule has 24 heavy (non-hydrogen) atoms. The summed E-state index contributed by atoms with van der Waals surface area (Å²) in [7, 11) is 0. The van der Waals surface area contributed by atoms with E-state index >= 15 is 0 Å². The van der Waals surface area contributed by atoms with Crippen molar-refractivity contribution < 1.29 is 0 Å². The molecule has 3 aromatic rings. The van der Waals surface area contributed by atoms with E-state index in [0.717, 1.165) is 16.7 Å². The first-order valence-corrected chi connectivity index (χ1v) is 7.77. The number of hydrogen-bond acceptors (Lipinski definition) is 3. The molecule has 0 aliphatic heterocycles. The van der Waals surface area contributed by atoms with Crippen molar-refractivity contribution in [2.45, 2.75) is 20.0 Å². The molecule has 2 aromatic carbocycles. The van der Waals surface area contributed by atoms with Gasteiger partial charge in [0.2, 0.25) is 0 Å². The summed E-state index contributed by atoms with van der Waals surface area (Å²) in [6.45, 7) is 2.66. The molecule has 0 radical (unpaired) electrons. The summed E-state index contributed by atoms with van der Waals surface area (Å²) in [4.78, 5) is 25.1. The second kappa shape index (κ2) is 6.68. The van der Waals surface area contributed by atoms with E-state index in [-0.39, 0.29) is 11.2 Å². The normalized spacial score (nSPS) is 10.8. The second-order valence-electron chi connectivity index (χ2n) is 5.66. The van der Waals surface area contributed by atoms with Gasteiger partial charge in [0, 0.05) is 18.8 Å². The number of nitrogens with zero attached hydrogens (tertiary/aromatic N) is 2. The van der Waals surface area contributed by atoms with Gasteiger partial charge in [-0.3, -0.25) is 9.36 Å². The lowest BCUT2D eigenvalue weighted by atomic mass is 10.1. The smallest absolute Gasteiger partial charge is 0.326 e. The first-order valence-electron chi connectivity index (χ1n) is 7.77. The van der Waals surface area contributed by atoms with E-state index in [1.54, 1.807) is 6.07 Å². The molecule has 0 spiro atoms. The molecule has 122 valence electrons. The number of aryl methyl sites for hydroxylation is 1. The van der Waals surface area contributed by atoms with Crippen molar-refractivity contribution >= 4 is 0 Å². The Morgan fingerprint density at radius 3 is 2.29 bits per heavy atom. The molecule has 0 fully saturated rings. The van der Waals surface area contributed by atoms with Gasteiger partial charge in [-0.1, -0.05) is 42.5 Å². The van der Waals surface area contributed by atoms with Gasteiger partial charge >= 0.3 is 5.69 Å². The van der Waals surface area contributed by atoms with Crippen molar-refractivity contribution in [3.8, 4) is 5.69 Å². The van der Waals surface area contributed by atoms with Crippen LogP contribution < -0.4 is 17.0 Å². The quantitative estimate of drug-likeness (QED) is 0.797. The van der Waals surface area contributed by atoms with E-state index in [4.69, 9.17) is 5.73 Å². The van der Waals surface area contributed by atoms with Gasteiger partial charge in [-0.25, -0.2) is 9.36 Å². The zero-order chi connectivity index (χ0) is 17.1. The molecule has 3 rings (SSSR count).